The Balaban J connectivity index is 1.40. The molecule has 0 bridgehead atoms. The third kappa shape index (κ3) is 4.82. The summed E-state index contributed by atoms with van der Waals surface area (Å²) in [6.45, 7) is 9.64. The number of carbonyl (C=O) groups is 2. The second-order valence-corrected chi connectivity index (χ2v) is 10.3. The molecule has 3 aliphatic heterocycles. The van der Waals surface area contributed by atoms with Gasteiger partial charge in [0.05, 0.1) is 6.61 Å². The molecule has 3 aliphatic rings. The van der Waals surface area contributed by atoms with E-state index >= 15 is 0 Å². The van der Waals surface area contributed by atoms with E-state index in [9.17, 15) is 9.59 Å². The molecule has 3 heterocycles. The fourth-order valence-electron chi connectivity index (χ4n) is 6.46. The highest BCUT2D eigenvalue weighted by atomic mass is 16.6. The van der Waals surface area contributed by atoms with E-state index in [0.29, 0.717) is 19.3 Å². The zero-order valence-corrected chi connectivity index (χ0v) is 21.3. The summed E-state index contributed by atoms with van der Waals surface area (Å²) in [5, 5.41) is 0. The van der Waals surface area contributed by atoms with Crippen molar-refractivity contribution in [3.8, 4) is 0 Å². The number of fused-ring (bicyclic) bond motifs is 2. The topological polar surface area (TPSA) is 62.3 Å². The molecule has 188 valence electrons. The van der Waals surface area contributed by atoms with Crippen molar-refractivity contribution in [2.75, 3.05) is 44.9 Å². The Hall–Kier alpha value is -2.12. The molecule has 0 saturated carbocycles. The Morgan fingerprint density at radius 3 is 2.56 bits per heavy atom. The molecule has 34 heavy (non-hydrogen) atoms. The largest absolute Gasteiger partial charge is 0.447 e. The molecule has 2 fully saturated rings. The van der Waals surface area contributed by atoms with Crippen LogP contribution in [0.2, 0.25) is 0 Å². The standard InChI is InChI=1S/C27H41N3O4/c1-5-22(18-23-11-10-20(2)30(23)26(32)34-17-16-33-4)28-14-12-27(13-15-28)19-29(21(3)31)25-9-7-6-8-24(25)27/h6-9,20,22-23H,5,10-19H2,1-4H3. The lowest BCUT2D eigenvalue weighted by atomic mass is 9.74. The van der Waals surface area contributed by atoms with Gasteiger partial charge in [-0.05, 0) is 70.2 Å². The highest BCUT2D eigenvalue weighted by Gasteiger charge is 2.46. The van der Waals surface area contributed by atoms with Gasteiger partial charge in [0, 0.05) is 49.8 Å². The molecule has 0 radical (unpaired) electrons. The summed E-state index contributed by atoms with van der Waals surface area (Å²) in [5.74, 6) is 0.131. The number of anilines is 1. The van der Waals surface area contributed by atoms with Gasteiger partial charge < -0.3 is 24.2 Å². The first-order chi connectivity index (χ1) is 16.4. The molecular formula is C27H41N3O4. The first kappa shape index (κ1) is 25.0. The Kier molecular flexibility index (Phi) is 7.83. The number of ether oxygens (including phenoxy) is 2. The molecule has 7 heteroatoms. The van der Waals surface area contributed by atoms with E-state index in [0.717, 1.165) is 63.8 Å². The Morgan fingerprint density at radius 1 is 1.15 bits per heavy atom. The van der Waals surface area contributed by atoms with Crippen LogP contribution in [0.25, 0.3) is 0 Å². The lowest BCUT2D eigenvalue weighted by molar-refractivity contribution is -0.116. The van der Waals surface area contributed by atoms with Crippen molar-refractivity contribution in [1.82, 2.24) is 9.80 Å². The second-order valence-electron chi connectivity index (χ2n) is 10.3. The molecule has 4 rings (SSSR count). The molecule has 0 aromatic heterocycles. The minimum absolute atomic E-state index is 0.0656. The van der Waals surface area contributed by atoms with Gasteiger partial charge in [-0.15, -0.1) is 0 Å². The van der Waals surface area contributed by atoms with Crippen LogP contribution >= 0.6 is 0 Å². The van der Waals surface area contributed by atoms with E-state index in [1.54, 1.807) is 14.0 Å². The van der Waals surface area contributed by atoms with E-state index in [-0.39, 0.29) is 29.5 Å². The van der Waals surface area contributed by atoms with Crippen LogP contribution in [-0.4, -0.2) is 79.9 Å². The summed E-state index contributed by atoms with van der Waals surface area (Å²) in [4.78, 5) is 31.6. The van der Waals surface area contributed by atoms with E-state index in [1.165, 1.54) is 5.56 Å². The van der Waals surface area contributed by atoms with Crippen molar-refractivity contribution in [3.63, 3.8) is 0 Å². The number of carbonyl (C=O) groups excluding carboxylic acids is 2. The van der Waals surface area contributed by atoms with Crippen LogP contribution in [0.1, 0.15) is 64.9 Å². The molecule has 2 amide bonds. The maximum atomic E-state index is 12.8. The minimum Gasteiger partial charge on any atom is -0.447 e. The zero-order valence-electron chi connectivity index (χ0n) is 21.3. The molecule has 0 aliphatic carbocycles. The monoisotopic (exact) mass is 471 g/mol. The second kappa shape index (κ2) is 10.6. The number of methoxy groups -OCH3 is 1. The summed E-state index contributed by atoms with van der Waals surface area (Å²) in [5.41, 5.74) is 2.50. The van der Waals surface area contributed by atoms with Gasteiger partial charge in [-0.2, -0.15) is 0 Å². The van der Waals surface area contributed by atoms with Crippen LogP contribution in [-0.2, 0) is 19.7 Å². The van der Waals surface area contributed by atoms with Crippen molar-refractivity contribution in [2.45, 2.75) is 82.8 Å². The quantitative estimate of drug-likeness (QED) is 0.558. The van der Waals surface area contributed by atoms with Crippen LogP contribution < -0.4 is 4.90 Å². The summed E-state index contributed by atoms with van der Waals surface area (Å²) in [7, 11) is 1.62. The molecular weight excluding hydrogens is 430 g/mol. The van der Waals surface area contributed by atoms with Gasteiger partial charge in [0.15, 0.2) is 0 Å². The Labute approximate surface area is 204 Å². The van der Waals surface area contributed by atoms with E-state index < -0.39 is 0 Å². The number of hydrogen-bond acceptors (Lipinski definition) is 5. The maximum Gasteiger partial charge on any atom is 0.410 e. The Morgan fingerprint density at radius 2 is 1.88 bits per heavy atom. The van der Waals surface area contributed by atoms with Crippen molar-refractivity contribution < 1.29 is 19.1 Å². The molecule has 7 nitrogen and oxygen atoms in total. The molecule has 3 unspecified atom stereocenters. The summed E-state index contributed by atoms with van der Waals surface area (Å²) < 4.78 is 10.5. The van der Waals surface area contributed by atoms with Crippen LogP contribution in [0.15, 0.2) is 24.3 Å². The Bertz CT molecular complexity index is 867. The SMILES string of the molecule is CCC(CC1CCC(C)N1C(=O)OCCOC)N1CCC2(CC1)CN(C(C)=O)c1ccccc12. The van der Waals surface area contributed by atoms with E-state index in [2.05, 4.69) is 36.9 Å². The predicted molar refractivity (Wildman–Crippen MR) is 133 cm³/mol. The first-order valence-corrected chi connectivity index (χ1v) is 13.0. The van der Waals surface area contributed by atoms with Crippen molar-refractivity contribution >= 4 is 17.7 Å². The fraction of sp³-hybridized carbons (Fsp3) is 0.704. The summed E-state index contributed by atoms with van der Waals surface area (Å²) >= 11 is 0. The normalized spacial score (nSPS) is 24.9. The van der Waals surface area contributed by atoms with Crippen LogP contribution in [0.3, 0.4) is 0 Å². The van der Waals surface area contributed by atoms with E-state index in [4.69, 9.17) is 9.47 Å². The van der Waals surface area contributed by atoms with Gasteiger partial charge in [-0.3, -0.25) is 4.79 Å². The molecule has 1 aromatic carbocycles. The lowest BCUT2D eigenvalue weighted by Crippen LogP contribution is -2.51. The minimum atomic E-state index is -0.202. The summed E-state index contributed by atoms with van der Waals surface area (Å²) in [6.07, 6.45) is 6.05. The van der Waals surface area contributed by atoms with Crippen molar-refractivity contribution in [3.05, 3.63) is 29.8 Å². The van der Waals surface area contributed by atoms with Gasteiger partial charge >= 0.3 is 6.09 Å². The lowest BCUT2D eigenvalue weighted by Gasteiger charge is -2.44. The van der Waals surface area contributed by atoms with Gasteiger partial charge in [0.2, 0.25) is 5.91 Å². The van der Waals surface area contributed by atoms with Crippen LogP contribution in [0.5, 0.6) is 0 Å². The van der Waals surface area contributed by atoms with Crippen LogP contribution in [0.4, 0.5) is 10.5 Å². The molecule has 1 spiro atoms. The number of rotatable bonds is 7. The molecule has 3 atom stereocenters. The number of likely N-dealkylation sites (tertiary alicyclic amines) is 2. The highest BCUT2D eigenvalue weighted by Crippen LogP contribution is 2.47. The van der Waals surface area contributed by atoms with Crippen molar-refractivity contribution in [1.29, 1.82) is 0 Å². The average Bonchev–Trinajstić information content (AvgIpc) is 3.36. The molecule has 0 N–H and O–H groups in total. The van der Waals surface area contributed by atoms with Gasteiger partial charge in [0.1, 0.15) is 6.61 Å². The number of nitrogens with zero attached hydrogens (tertiary/aromatic N) is 3. The van der Waals surface area contributed by atoms with Crippen molar-refractivity contribution in [2.24, 2.45) is 0 Å². The fourth-order valence-corrected chi connectivity index (χ4v) is 6.46. The number of piperidine rings is 1. The average molecular weight is 472 g/mol. The summed E-state index contributed by atoms with van der Waals surface area (Å²) in [6, 6.07) is 9.34. The van der Waals surface area contributed by atoms with Gasteiger partial charge in [-0.25, -0.2) is 4.79 Å². The molecule has 1 aromatic rings. The number of hydrogen-bond donors (Lipinski definition) is 0. The highest BCUT2D eigenvalue weighted by molar-refractivity contribution is 5.94. The first-order valence-electron chi connectivity index (χ1n) is 13.0. The maximum absolute atomic E-state index is 12.8. The third-order valence-corrected chi connectivity index (χ3v) is 8.40. The smallest absolute Gasteiger partial charge is 0.410 e. The van der Waals surface area contributed by atoms with Gasteiger partial charge in [-0.1, -0.05) is 25.1 Å². The van der Waals surface area contributed by atoms with Crippen LogP contribution in [0, 0.1) is 0 Å². The number of amides is 2. The predicted octanol–water partition coefficient (Wildman–Crippen LogP) is 4.19. The van der Waals surface area contributed by atoms with Gasteiger partial charge in [0.25, 0.3) is 0 Å². The molecule has 2 saturated heterocycles. The zero-order chi connectivity index (χ0) is 24.3. The number of para-hydroxylation sites is 1. The number of benzene rings is 1. The third-order valence-electron chi connectivity index (χ3n) is 8.40. The van der Waals surface area contributed by atoms with E-state index in [1.807, 2.05) is 15.9 Å².